The average Bonchev–Trinajstić information content (AvgIpc) is 3.21. The Bertz CT molecular complexity index is 971. The molecule has 1 saturated heterocycles. The fourth-order valence-electron chi connectivity index (χ4n) is 3.58. The Morgan fingerprint density at radius 3 is 2.04 bits per heavy atom. The highest BCUT2D eigenvalue weighted by atomic mass is 16.1. The van der Waals surface area contributed by atoms with Crippen LogP contribution < -0.4 is 11.1 Å². The van der Waals surface area contributed by atoms with Crippen LogP contribution in [0, 0.1) is 0 Å². The molecule has 2 aromatic rings. The summed E-state index contributed by atoms with van der Waals surface area (Å²) in [6.45, 7) is 1.50. The first-order valence-corrected chi connectivity index (χ1v) is 8.91. The zero-order valence-corrected chi connectivity index (χ0v) is 14.7. The van der Waals surface area contributed by atoms with E-state index in [0.29, 0.717) is 28.1 Å². The van der Waals surface area contributed by atoms with Gasteiger partial charge in [-0.1, -0.05) is 31.7 Å². The molecule has 6 heteroatoms. The summed E-state index contributed by atoms with van der Waals surface area (Å²) in [5, 5.41) is 3.11. The quantitative estimate of drug-likeness (QED) is 0.853. The maximum atomic E-state index is 13.1. The molecule has 2 aromatic carbocycles. The molecule has 144 valence electrons. The fraction of sp³-hybridized carbons (Fsp3) is 0.227. The van der Waals surface area contributed by atoms with Crippen LogP contribution in [-0.4, -0.2) is 35.5 Å². The van der Waals surface area contributed by atoms with E-state index >= 15 is 0 Å². The number of hydrogen-bond acceptors (Lipinski definition) is 5. The number of fused-ring (bicyclic) bond motifs is 1. The van der Waals surface area contributed by atoms with Crippen LogP contribution in [0.15, 0.2) is 59.9 Å². The molecule has 28 heavy (non-hydrogen) atoms. The van der Waals surface area contributed by atoms with E-state index in [0.717, 1.165) is 25.9 Å². The fourth-order valence-corrected chi connectivity index (χ4v) is 3.58. The van der Waals surface area contributed by atoms with Crippen molar-refractivity contribution in [1.29, 1.82) is 0 Å². The van der Waals surface area contributed by atoms with Gasteiger partial charge in [0.2, 0.25) is 17.5 Å². The zero-order chi connectivity index (χ0) is 19.0. The van der Waals surface area contributed by atoms with Crippen molar-refractivity contribution in [1.82, 2.24) is 4.90 Å². The minimum absolute atomic E-state index is 0. The highest BCUT2D eigenvalue weighted by Gasteiger charge is 2.36. The lowest BCUT2D eigenvalue weighted by Gasteiger charge is -2.28. The number of likely N-dealkylation sites (tertiary alicyclic amines) is 1. The number of primary amides is 1. The molecule has 0 radical (unpaired) electrons. The Labute approximate surface area is 164 Å². The first-order chi connectivity index (χ1) is 13.1. The number of allylic oxidation sites excluding steroid dienone is 2. The predicted molar refractivity (Wildman–Crippen MR) is 108 cm³/mol. The van der Waals surface area contributed by atoms with E-state index < -0.39 is 5.91 Å². The number of carbonyl (C=O) groups excluding carboxylic acids is 3. The van der Waals surface area contributed by atoms with E-state index in [1.165, 1.54) is 0 Å². The van der Waals surface area contributed by atoms with Crippen molar-refractivity contribution in [2.75, 3.05) is 18.4 Å². The van der Waals surface area contributed by atoms with Gasteiger partial charge in [-0.05, 0) is 37.1 Å². The number of nitrogens with one attached hydrogen (secondary N) is 1. The molecule has 1 heterocycles. The molecule has 0 aromatic heterocycles. The van der Waals surface area contributed by atoms with Crippen molar-refractivity contribution in [3.8, 4) is 0 Å². The summed E-state index contributed by atoms with van der Waals surface area (Å²) in [5.74, 6) is -0.856. The lowest BCUT2D eigenvalue weighted by Crippen LogP contribution is -2.35. The van der Waals surface area contributed by atoms with E-state index in [9.17, 15) is 14.4 Å². The standard InChI is InChI=1S/C21H19N3O3.CH4/c22-21(27)13-7-9-14(10-8-13)23-17-18(24-11-3-4-12-24)20(26)16-6-2-1-5-15(16)19(17)25;/h1-2,5-10,23H,3-4,11-12H2,(H2,22,27);1H4. The molecule has 1 aliphatic heterocycles. The zero-order valence-electron chi connectivity index (χ0n) is 14.7. The van der Waals surface area contributed by atoms with Crippen LogP contribution in [0.5, 0.6) is 0 Å². The number of carbonyl (C=O) groups is 3. The first kappa shape index (κ1) is 19.4. The number of rotatable bonds is 4. The number of ketones is 2. The number of benzene rings is 2. The third-order valence-electron chi connectivity index (χ3n) is 4.96. The lowest BCUT2D eigenvalue weighted by atomic mass is 9.89. The molecule has 0 saturated carbocycles. The van der Waals surface area contributed by atoms with Gasteiger partial charge in [-0.25, -0.2) is 0 Å². The molecule has 0 atom stereocenters. The predicted octanol–water partition coefficient (Wildman–Crippen LogP) is 3.22. The summed E-state index contributed by atoms with van der Waals surface area (Å²) in [6.07, 6.45) is 1.99. The molecule has 2 aliphatic rings. The highest BCUT2D eigenvalue weighted by molar-refractivity contribution is 6.27. The molecule has 4 rings (SSSR count). The molecule has 1 aliphatic carbocycles. The summed E-state index contributed by atoms with van der Waals surface area (Å²) in [5.41, 5.74) is 7.83. The topological polar surface area (TPSA) is 92.5 Å². The van der Waals surface area contributed by atoms with Gasteiger partial charge < -0.3 is 16.0 Å². The summed E-state index contributed by atoms with van der Waals surface area (Å²) in [6, 6.07) is 13.4. The van der Waals surface area contributed by atoms with Crippen molar-refractivity contribution < 1.29 is 14.4 Å². The molecule has 0 spiro atoms. The first-order valence-electron chi connectivity index (χ1n) is 8.91. The highest BCUT2D eigenvalue weighted by Crippen LogP contribution is 2.31. The Morgan fingerprint density at radius 1 is 0.893 bits per heavy atom. The van der Waals surface area contributed by atoms with Crippen LogP contribution >= 0.6 is 0 Å². The monoisotopic (exact) mass is 377 g/mol. The van der Waals surface area contributed by atoms with E-state index in [-0.39, 0.29) is 24.7 Å². The SMILES string of the molecule is C.NC(=O)c1ccc(NC2=C(N3CCCC3)C(=O)c3ccccc3C2=O)cc1. The minimum atomic E-state index is -0.517. The van der Waals surface area contributed by atoms with E-state index in [1.807, 2.05) is 4.90 Å². The summed E-state index contributed by atoms with van der Waals surface area (Å²) in [4.78, 5) is 39.5. The number of amides is 1. The van der Waals surface area contributed by atoms with Gasteiger partial charge in [-0.3, -0.25) is 14.4 Å². The largest absolute Gasteiger partial charge is 0.367 e. The van der Waals surface area contributed by atoms with Gasteiger partial charge in [0.1, 0.15) is 11.4 Å². The van der Waals surface area contributed by atoms with Gasteiger partial charge in [0.25, 0.3) is 0 Å². The minimum Gasteiger partial charge on any atom is -0.367 e. The second kappa shape index (κ2) is 7.68. The second-order valence-electron chi connectivity index (χ2n) is 6.69. The van der Waals surface area contributed by atoms with Crippen molar-refractivity contribution in [2.24, 2.45) is 5.73 Å². The molecule has 6 nitrogen and oxygen atoms in total. The molecule has 0 unspecified atom stereocenters. The number of Topliss-reactive ketones (excluding diaryl/α,β-unsaturated/α-hetero) is 2. The summed E-state index contributed by atoms with van der Waals surface area (Å²) in [7, 11) is 0. The molecular weight excluding hydrogens is 354 g/mol. The van der Waals surface area contributed by atoms with Gasteiger partial charge in [0, 0.05) is 35.5 Å². The van der Waals surface area contributed by atoms with Gasteiger partial charge in [-0.2, -0.15) is 0 Å². The van der Waals surface area contributed by atoms with Crippen LogP contribution in [0.2, 0.25) is 0 Å². The lowest BCUT2D eigenvalue weighted by molar-refractivity contribution is 0.0948. The third-order valence-corrected chi connectivity index (χ3v) is 4.96. The van der Waals surface area contributed by atoms with Crippen molar-refractivity contribution >= 4 is 23.2 Å². The number of nitrogens with two attached hydrogens (primary N) is 1. The molecule has 1 amide bonds. The van der Waals surface area contributed by atoms with Gasteiger partial charge in [0.15, 0.2) is 0 Å². The van der Waals surface area contributed by atoms with Crippen molar-refractivity contribution in [3.63, 3.8) is 0 Å². The molecular formula is C22H23N3O3. The Kier molecular flexibility index (Phi) is 5.31. The van der Waals surface area contributed by atoms with E-state index in [4.69, 9.17) is 5.73 Å². The normalized spacial score (nSPS) is 15.9. The van der Waals surface area contributed by atoms with Crippen LogP contribution in [0.25, 0.3) is 0 Å². The molecule has 3 N–H and O–H groups in total. The third kappa shape index (κ3) is 3.29. The maximum Gasteiger partial charge on any atom is 0.248 e. The van der Waals surface area contributed by atoms with Crippen LogP contribution in [0.4, 0.5) is 5.69 Å². The Hall–Kier alpha value is -3.41. The molecule has 0 bridgehead atoms. The van der Waals surface area contributed by atoms with Gasteiger partial charge in [-0.15, -0.1) is 0 Å². The number of hydrogen-bond donors (Lipinski definition) is 2. The summed E-state index contributed by atoms with van der Waals surface area (Å²) < 4.78 is 0. The number of nitrogens with zero attached hydrogens (tertiary/aromatic N) is 1. The second-order valence-corrected chi connectivity index (χ2v) is 6.69. The summed E-state index contributed by atoms with van der Waals surface area (Å²) >= 11 is 0. The Balaban J connectivity index is 0.00000225. The van der Waals surface area contributed by atoms with Crippen LogP contribution in [0.1, 0.15) is 51.3 Å². The van der Waals surface area contributed by atoms with Crippen LogP contribution in [0.3, 0.4) is 0 Å². The van der Waals surface area contributed by atoms with E-state index in [2.05, 4.69) is 5.32 Å². The maximum absolute atomic E-state index is 13.1. The number of anilines is 1. The van der Waals surface area contributed by atoms with E-state index in [1.54, 1.807) is 48.5 Å². The van der Waals surface area contributed by atoms with Crippen molar-refractivity contribution in [3.05, 3.63) is 76.6 Å². The van der Waals surface area contributed by atoms with Crippen LogP contribution in [-0.2, 0) is 0 Å². The van der Waals surface area contributed by atoms with Gasteiger partial charge >= 0.3 is 0 Å². The van der Waals surface area contributed by atoms with Crippen molar-refractivity contribution in [2.45, 2.75) is 20.3 Å². The van der Waals surface area contributed by atoms with Gasteiger partial charge in [0.05, 0.1) is 0 Å². The average molecular weight is 377 g/mol. The smallest absolute Gasteiger partial charge is 0.248 e. The Morgan fingerprint density at radius 2 is 1.46 bits per heavy atom. The molecule has 1 fully saturated rings.